The van der Waals surface area contributed by atoms with Gasteiger partial charge in [0.15, 0.2) is 0 Å². The smallest absolute Gasteiger partial charge is 0.407 e. The fourth-order valence-corrected chi connectivity index (χ4v) is 5.16. The van der Waals surface area contributed by atoms with Crippen LogP contribution in [0.5, 0.6) is 0 Å². The summed E-state index contributed by atoms with van der Waals surface area (Å²) in [5.74, 6) is 0.702. The zero-order chi connectivity index (χ0) is 24.0. The van der Waals surface area contributed by atoms with Crippen LogP contribution in [-0.2, 0) is 0 Å². The maximum absolute atomic E-state index is 13.6. The lowest BCUT2D eigenvalue weighted by molar-refractivity contribution is 0.136. The number of fused-ring (bicyclic) bond motifs is 1. The van der Waals surface area contributed by atoms with E-state index in [2.05, 4.69) is 62.3 Å². The molecule has 1 amide bonds. The van der Waals surface area contributed by atoms with E-state index < -0.39 is 6.09 Å². The van der Waals surface area contributed by atoms with E-state index in [0.29, 0.717) is 25.5 Å². The number of carbonyl (C=O) groups is 1. The number of piperazine rings is 1. The fraction of sp³-hybridized carbons (Fsp3) is 0.391. The Morgan fingerprint density at radius 2 is 2.03 bits per heavy atom. The molecule has 33 heavy (non-hydrogen) atoms. The lowest BCUT2D eigenvalue weighted by atomic mass is 10.0. The predicted octanol–water partition coefficient (Wildman–Crippen LogP) is 4.77. The minimum absolute atomic E-state index is 0.120. The number of rotatable bonds is 3. The summed E-state index contributed by atoms with van der Waals surface area (Å²) in [5.41, 5.74) is 2.94. The van der Waals surface area contributed by atoms with Gasteiger partial charge in [-0.05, 0) is 82.0 Å². The molecule has 1 aliphatic rings. The highest BCUT2D eigenvalue weighted by Gasteiger charge is 2.30. The van der Waals surface area contributed by atoms with Crippen molar-refractivity contribution in [3.63, 3.8) is 0 Å². The van der Waals surface area contributed by atoms with Gasteiger partial charge in [0, 0.05) is 45.3 Å². The van der Waals surface area contributed by atoms with E-state index in [1.165, 1.54) is 4.90 Å². The van der Waals surface area contributed by atoms with Crippen LogP contribution in [0.4, 0.5) is 10.6 Å². The number of nitrogens with zero attached hydrogens (tertiary/aromatic N) is 5. The van der Waals surface area contributed by atoms with Gasteiger partial charge in [0.25, 0.3) is 0 Å². The number of aromatic nitrogens is 3. The van der Waals surface area contributed by atoms with E-state index in [0.717, 1.165) is 35.9 Å². The van der Waals surface area contributed by atoms with Crippen molar-refractivity contribution in [1.82, 2.24) is 19.4 Å². The number of carboxylic acid groups (broad SMARTS) is 1. The molecular weight excluding hydrogens is 601 g/mol. The van der Waals surface area contributed by atoms with Gasteiger partial charge in [0.1, 0.15) is 5.82 Å². The molecule has 0 aliphatic carbocycles. The molecular formula is C23H25BrIN5O3. The van der Waals surface area contributed by atoms with Crippen LogP contribution in [0.3, 0.4) is 0 Å². The molecule has 0 unspecified atom stereocenters. The molecule has 2 aromatic heterocycles. The van der Waals surface area contributed by atoms with Gasteiger partial charge in [-0.1, -0.05) is 13.8 Å². The second-order valence-electron chi connectivity index (χ2n) is 8.62. The van der Waals surface area contributed by atoms with Crippen LogP contribution in [0.25, 0.3) is 16.6 Å². The largest absolute Gasteiger partial charge is 0.465 e. The minimum atomic E-state index is -0.930. The fourth-order valence-electron chi connectivity index (χ4n) is 4.37. The SMILES string of the molecule is Cc1ccnc(C(C)C)c1-n1c(=O)nc(N2CCN(C(=O)O)C[C@@H]2C)c2cc(Br)c(I)cc21. The van der Waals surface area contributed by atoms with Crippen LogP contribution in [0.1, 0.15) is 37.9 Å². The Morgan fingerprint density at radius 1 is 1.30 bits per heavy atom. The highest BCUT2D eigenvalue weighted by Crippen LogP contribution is 2.34. The first-order chi connectivity index (χ1) is 15.6. The van der Waals surface area contributed by atoms with Crippen molar-refractivity contribution in [3.05, 3.63) is 54.2 Å². The molecule has 10 heteroatoms. The third-order valence-corrected chi connectivity index (χ3v) is 8.30. The third-order valence-electron chi connectivity index (χ3n) is 6.01. The van der Waals surface area contributed by atoms with Crippen molar-refractivity contribution in [3.8, 4) is 5.69 Å². The first kappa shape index (κ1) is 23.9. The van der Waals surface area contributed by atoms with Gasteiger partial charge in [-0.15, -0.1) is 0 Å². The summed E-state index contributed by atoms with van der Waals surface area (Å²) in [7, 11) is 0. The number of hydrogen-bond donors (Lipinski definition) is 1. The first-order valence-corrected chi connectivity index (χ1v) is 12.6. The van der Waals surface area contributed by atoms with Crippen LogP contribution < -0.4 is 10.6 Å². The topological polar surface area (TPSA) is 91.6 Å². The summed E-state index contributed by atoms with van der Waals surface area (Å²) >= 11 is 5.88. The molecule has 1 fully saturated rings. The molecule has 3 aromatic rings. The molecule has 0 radical (unpaired) electrons. The van der Waals surface area contributed by atoms with E-state index in [9.17, 15) is 14.7 Å². The molecule has 1 atom stereocenters. The van der Waals surface area contributed by atoms with E-state index in [1.54, 1.807) is 10.8 Å². The average molecular weight is 626 g/mol. The minimum Gasteiger partial charge on any atom is -0.465 e. The number of pyridine rings is 1. The second kappa shape index (κ2) is 9.21. The molecule has 3 heterocycles. The number of aryl methyl sites for hydroxylation is 1. The van der Waals surface area contributed by atoms with Gasteiger partial charge in [-0.3, -0.25) is 9.55 Å². The quantitative estimate of drug-likeness (QED) is 0.422. The van der Waals surface area contributed by atoms with E-state index in [-0.39, 0.29) is 17.6 Å². The van der Waals surface area contributed by atoms with Gasteiger partial charge in [-0.25, -0.2) is 9.59 Å². The molecule has 1 N–H and O–H groups in total. The highest BCUT2D eigenvalue weighted by atomic mass is 127. The number of amides is 1. The van der Waals surface area contributed by atoms with Crippen LogP contribution >= 0.6 is 38.5 Å². The standard InChI is InChI=1S/C23H25BrIN5O3/c1-12(2)19-20(13(3)5-6-26-19)30-18-10-17(25)16(24)9-15(18)21(27-22(30)31)29-8-7-28(23(32)33)11-14(29)4/h5-6,9-10,12,14H,7-8,11H2,1-4H3,(H,32,33)/t14-/m0/s1. The number of hydrogen-bond acceptors (Lipinski definition) is 5. The van der Waals surface area contributed by atoms with Gasteiger partial charge >= 0.3 is 11.8 Å². The van der Waals surface area contributed by atoms with Crippen LogP contribution in [-0.4, -0.2) is 56.3 Å². The number of halogens is 2. The molecule has 8 nitrogen and oxygen atoms in total. The Kier molecular flexibility index (Phi) is 6.68. The first-order valence-electron chi connectivity index (χ1n) is 10.7. The van der Waals surface area contributed by atoms with Crippen molar-refractivity contribution in [2.75, 3.05) is 24.5 Å². The Labute approximate surface area is 213 Å². The molecule has 0 spiro atoms. The molecule has 1 aliphatic heterocycles. The summed E-state index contributed by atoms with van der Waals surface area (Å²) in [6.45, 7) is 9.23. The van der Waals surface area contributed by atoms with Crippen molar-refractivity contribution in [2.45, 2.75) is 39.7 Å². The van der Waals surface area contributed by atoms with Crippen LogP contribution in [0.2, 0.25) is 0 Å². The van der Waals surface area contributed by atoms with Crippen molar-refractivity contribution < 1.29 is 9.90 Å². The van der Waals surface area contributed by atoms with Gasteiger partial charge in [0.2, 0.25) is 0 Å². The Bertz CT molecular complexity index is 1310. The summed E-state index contributed by atoms with van der Waals surface area (Å²) in [6.07, 6.45) is 0.841. The summed E-state index contributed by atoms with van der Waals surface area (Å²) in [6, 6.07) is 5.77. The maximum Gasteiger partial charge on any atom is 0.407 e. The Balaban J connectivity index is 1.99. The number of benzene rings is 1. The lowest BCUT2D eigenvalue weighted by Crippen LogP contribution is -2.54. The highest BCUT2D eigenvalue weighted by molar-refractivity contribution is 14.1. The van der Waals surface area contributed by atoms with Crippen LogP contribution in [0.15, 0.2) is 33.7 Å². The molecule has 4 rings (SSSR count). The summed E-state index contributed by atoms with van der Waals surface area (Å²) in [5, 5.41) is 10.2. The Morgan fingerprint density at radius 3 is 2.67 bits per heavy atom. The van der Waals surface area contributed by atoms with Gasteiger partial charge in [0.05, 0.1) is 16.9 Å². The van der Waals surface area contributed by atoms with E-state index in [4.69, 9.17) is 0 Å². The van der Waals surface area contributed by atoms with Crippen molar-refractivity contribution in [2.24, 2.45) is 0 Å². The van der Waals surface area contributed by atoms with Crippen molar-refractivity contribution >= 4 is 61.3 Å². The van der Waals surface area contributed by atoms with Gasteiger partial charge in [-0.2, -0.15) is 4.98 Å². The lowest BCUT2D eigenvalue weighted by Gasteiger charge is -2.39. The molecule has 0 saturated carbocycles. The second-order valence-corrected chi connectivity index (χ2v) is 10.6. The molecule has 174 valence electrons. The molecule has 1 aromatic carbocycles. The molecule has 1 saturated heterocycles. The zero-order valence-electron chi connectivity index (χ0n) is 18.8. The maximum atomic E-state index is 13.6. The summed E-state index contributed by atoms with van der Waals surface area (Å²) < 4.78 is 3.55. The van der Waals surface area contributed by atoms with E-state index in [1.807, 2.05) is 36.9 Å². The predicted molar refractivity (Wildman–Crippen MR) is 141 cm³/mol. The van der Waals surface area contributed by atoms with Gasteiger partial charge < -0.3 is 14.9 Å². The van der Waals surface area contributed by atoms with E-state index >= 15 is 0 Å². The Hall–Kier alpha value is -2.21. The average Bonchev–Trinajstić information content (AvgIpc) is 2.75. The normalized spacial score (nSPS) is 16.6. The zero-order valence-corrected chi connectivity index (χ0v) is 22.6. The molecule has 0 bridgehead atoms. The monoisotopic (exact) mass is 625 g/mol. The third kappa shape index (κ3) is 4.34. The summed E-state index contributed by atoms with van der Waals surface area (Å²) in [4.78, 5) is 37.6. The van der Waals surface area contributed by atoms with Crippen molar-refractivity contribution in [1.29, 1.82) is 0 Å². The number of anilines is 1. The van der Waals surface area contributed by atoms with Crippen LogP contribution in [0, 0.1) is 10.5 Å².